The summed E-state index contributed by atoms with van der Waals surface area (Å²) in [5.74, 6) is -0.600. The van der Waals surface area contributed by atoms with Gasteiger partial charge in [-0.25, -0.2) is 13.2 Å². The first-order chi connectivity index (χ1) is 9.28. The summed E-state index contributed by atoms with van der Waals surface area (Å²) in [6.45, 7) is 3.91. The normalized spacial score (nSPS) is 20.8. The molecule has 7 heteroatoms. The van der Waals surface area contributed by atoms with E-state index in [4.69, 9.17) is 0 Å². The maximum atomic E-state index is 11.4. The molecule has 0 saturated carbocycles. The van der Waals surface area contributed by atoms with Crippen LogP contribution in [-0.2, 0) is 9.84 Å². The first kappa shape index (κ1) is 14.8. The van der Waals surface area contributed by atoms with Crippen LogP contribution < -0.4 is 5.32 Å². The van der Waals surface area contributed by atoms with Crippen LogP contribution in [0.2, 0.25) is 0 Å². The van der Waals surface area contributed by atoms with Crippen LogP contribution in [0.5, 0.6) is 0 Å². The number of hydrogen-bond donors (Lipinski definition) is 2. The standard InChI is InChI=1S/C13H18N2O4S/c1-8-5-11(12(13(16)17)9(2)15-8)14-6-10-3-4-20(18,19)7-10/h5,10H,3-4,6-7H2,1-2H3,(H,14,15)(H,16,17). The van der Waals surface area contributed by atoms with Gasteiger partial charge in [0.2, 0.25) is 0 Å². The summed E-state index contributed by atoms with van der Waals surface area (Å²) < 4.78 is 22.8. The Balaban J connectivity index is 2.15. The molecule has 1 aromatic heterocycles. The zero-order valence-corrected chi connectivity index (χ0v) is 12.3. The molecule has 6 nitrogen and oxygen atoms in total. The van der Waals surface area contributed by atoms with Gasteiger partial charge in [0.05, 0.1) is 22.9 Å². The molecule has 1 aliphatic rings. The average molecular weight is 298 g/mol. The van der Waals surface area contributed by atoms with Gasteiger partial charge in [-0.15, -0.1) is 0 Å². The lowest BCUT2D eigenvalue weighted by Gasteiger charge is -2.15. The lowest BCUT2D eigenvalue weighted by atomic mass is 10.1. The number of aromatic nitrogens is 1. The summed E-state index contributed by atoms with van der Waals surface area (Å²) in [5.41, 5.74) is 1.84. The van der Waals surface area contributed by atoms with Crippen molar-refractivity contribution in [2.75, 3.05) is 23.4 Å². The minimum atomic E-state index is -2.91. The van der Waals surface area contributed by atoms with Crippen molar-refractivity contribution in [2.24, 2.45) is 5.92 Å². The highest BCUT2D eigenvalue weighted by molar-refractivity contribution is 7.91. The molecule has 0 aliphatic carbocycles. The van der Waals surface area contributed by atoms with E-state index in [9.17, 15) is 18.3 Å². The number of hydrogen-bond acceptors (Lipinski definition) is 5. The fourth-order valence-electron chi connectivity index (χ4n) is 2.53. The van der Waals surface area contributed by atoms with Gasteiger partial charge in [-0.1, -0.05) is 0 Å². The predicted molar refractivity (Wildman–Crippen MR) is 75.9 cm³/mol. The van der Waals surface area contributed by atoms with E-state index in [2.05, 4.69) is 10.3 Å². The zero-order valence-electron chi connectivity index (χ0n) is 11.5. The monoisotopic (exact) mass is 298 g/mol. The van der Waals surface area contributed by atoms with Crippen molar-refractivity contribution in [1.82, 2.24) is 4.98 Å². The summed E-state index contributed by atoms with van der Waals surface area (Å²) in [7, 11) is -2.91. The number of aryl methyl sites for hydroxylation is 2. The molecular formula is C13H18N2O4S. The summed E-state index contributed by atoms with van der Waals surface area (Å²) >= 11 is 0. The Morgan fingerprint density at radius 2 is 2.20 bits per heavy atom. The van der Waals surface area contributed by atoms with Gasteiger partial charge in [-0.3, -0.25) is 4.98 Å². The number of pyridine rings is 1. The molecule has 0 bridgehead atoms. The van der Waals surface area contributed by atoms with E-state index in [0.29, 0.717) is 24.3 Å². The molecule has 2 rings (SSSR count). The first-order valence-corrected chi connectivity index (χ1v) is 8.26. The number of carboxylic acids is 1. The topological polar surface area (TPSA) is 96.4 Å². The molecule has 1 aliphatic heterocycles. The third kappa shape index (κ3) is 3.27. The predicted octanol–water partition coefficient (Wildman–Crippen LogP) is 1.24. The molecule has 1 unspecified atom stereocenters. The third-order valence-electron chi connectivity index (χ3n) is 3.45. The van der Waals surface area contributed by atoms with Crippen LogP contribution in [0, 0.1) is 19.8 Å². The second-order valence-electron chi connectivity index (χ2n) is 5.23. The van der Waals surface area contributed by atoms with Crippen LogP contribution in [0.1, 0.15) is 28.2 Å². The second kappa shape index (κ2) is 5.40. The first-order valence-electron chi connectivity index (χ1n) is 6.44. The number of nitrogens with one attached hydrogen (secondary N) is 1. The van der Waals surface area contributed by atoms with Crippen molar-refractivity contribution in [1.29, 1.82) is 0 Å². The Kier molecular flexibility index (Phi) is 3.99. The van der Waals surface area contributed by atoms with E-state index in [1.54, 1.807) is 19.9 Å². The number of carboxylic acid groups (broad SMARTS) is 1. The van der Waals surface area contributed by atoms with Gasteiger partial charge in [0.1, 0.15) is 5.56 Å². The van der Waals surface area contributed by atoms with Gasteiger partial charge in [0.15, 0.2) is 9.84 Å². The van der Waals surface area contributed by atoms with E-state index in [-0.39, 0.29) is 23.0 Å². The molecule has 1 aromatic rings. The molecule has 0 radical (unpaired) electrons. The van der Waals surface area contributed by atoms with Crippen LogP contribution in [0.3, 0.4) is 0 Å². The van der Waals surface area contributed by atoms with Gasteiger partial charge in [-0.05, 0) is 32.3 Å². The van der Waals surface area contributed by atoms with Crippen molar-refractivity contribution in [3.63, 3.8) is 0 Å². The summed E-state index contributed by atoms with van der Waals surface area (Å²) in [4.78, 5) is 15.4. The maximum absolute atomic E-state index is 11.4. The van der Waals surface area contributed by atoms with Crippen molar-refractivity contribution < 1.29 is 18.3 Å². The molecule has 2 heterocycles. The van der Waals surface area contributed by atoms with Crippen molar-refractivity contribution in [3.05, 3.63) is 23.0 Å². The molecule has 110 valence electrons. The Labute approximate surface area is 118 Å². The Hall–Kier alpha value is -1.63. The fourth-order valence-corrected chi connectivity index (χ4v) is 4.39. The van der Waals surface area contributed by atoms with Gasteiger partial charge in [-0.2, -0.15) is 0 Å². The van der Waals surface area contributed by atoms with Crippen LogP contribution >= 0.6 is 0 Å². The highest BCUT2D eigenvalue weighted by Crippen LogP contribution is 2.23. The molecule has 0 aromatic carbocycles. The van der Waals surface area contributed by atoms with E-state index in [0.717, 1.165) is 5.69 Å². The number of carbonyl (C=O) groups is 1. The highest BCUT2D eigenvalue weighted by atomic mass is 32.2. The van der Waals surface area contributed by atoms with E-state index < -0.39 is 15.8 Å². The van der Waals surface area contributed by atoms with E-state index in [1.165, 1.54) is 0 Å². The number of sulfone groups is 1. The number of nitrogens with zero attached hydrogens (tertiary/aromatic N) is 1. The average Bonchev–Trinajstić information content (AvgIpc) is 2.64. The lowest BCUT2D eigenvalue weighted by Crippen LogP contribution is -2.18. The molecule has 1 fully saturated rings. The van der Waals surface area contributed by atoms with Crippen LogP contribution in [0.15, 0.2) is 6.07 Å². The highest BCUT2D eigenvalue weighted by Gasteiger charge is 2.28. The Bertz CT molecular complexity index is 640. The van der Waals surface area contributed by atoms with Gasteiger partial charge in [0, 0.05) is 12.2 Å². The molecular weight excluding hydrogens is 280 g/mol. The molecule has 1 atom stereocenters. The summed E-state index contributed by atoms with van der Waals surface area (Å²) in [6, 6.07) is 1.68. The Morgan fingerprint density at radius 3 is 2.75 bits per heavy atom. The van der Waals surface area contributed by atoms with E-state index in [1.807, 2.05) is 0 Å². The SMILES string of the molecule is Cc1cc(NCC2CCS(=O)(=O)C2)c(C(=O)O)c(C)n1. The minimum absolute atomic E-state index is 0.0374. The van der Waals surface area contributed by atoms with Crippen LogP contribution in [-0.4, -0.2) is 42.5 Å². The largest absolute Gasteiger partial charge is 0.478 e. The molecule has 0 spiro atoms. The third-order valence-corrected chi connectivity index (χ3v) is 5.29. The smallest absolute Gasteiger partial charge is 0.339 e. The van der Waals surface area contributed by atoms with Gasteiger partial charge < -0.3 is 10.4 Å². The Morgan fingerprint density at radius 1 is 1.50 bits per heavy atom. The maximum Gasteiger partial charge on any atom is 0.339 e. The van der Waals surface area contributed by atoms with Crippen LogP contribution in [0.4, 0.5) is 5.69 Å². The van der Waals surface area contributed by atoms with Crippen LogP contribution in [0.25, 0.3) is 0 Å². The lowest BCUT2D eigenvalue weighted by molar-refractivity contribution is 0.0696. The summed E-state index contributed by atoms with van der Waals surface area (Å²) in [6.07, 6.45) is 0.626. The number of aromatic carboxylic acids is 1. The molecule has 0 amide bonds. The quantitative estimate of drug-likeness (QED) is 0.868. The van der Waals surface area contributed by atoms with Gasteiger partial charge >= 0.3 is 5.97 Å². The second-order valence-corrected chi connectivity index (χ2v) is 7.46. The van der Waals surface area contributed by atoms with Crippen molar-refractivity contribution >= 4 is 21.5 Å². The summed E-state index contributed by atoms with van der Waals surface area (Å²) in [5, 5.41) is 12.3. The zero-order chi connectivity index (χ0) is 14.9. The van der Waals surface area contributed by atoms with E-state index >= 15 is 0 Å². The molecule has 2 N–H and O–H groups in total. The van der Waals surface area contributed by atoms with Crippen molar-refractivity contribution in [3.8, 4) is 0 Å². The molecule has 1 saturated heterocycles. The molecule has 20 heavy (non-hydrogen) atoms. The number of anilines is 1. The van der Waals surface area contributed by atoms with Gasteiger partial charge in [0.25, 0.3) is 0 Å². The van der Waals surface area contributed by atoms with Crippen molar-refractivity contribution in [2.45, 2.75) is 20.3 Å². The fraction of sp³-hybridized carbons (Fsp3) is 0.538. The number of rotatable bonds is 4. The minimum Gasteiger partial charge on any atom is -0.478 e.